The molecule has 0 aliphatic rings. The van der Waals surface area contributed by atoms with Gasteiger partial charge in [0.2, 0.25) is 0 Å². The first-order valence-corrected chi connectivity index (χ1v) is 10.0. The number of fused-ring (bicyclic) bond motifs is 1. The number of nitrogens with zero attached hydrogens (tertiary/aromatic N) is 1. The van der Waals surface area contributed by atoms with Crippen molar-refractivity contribution in [3.05, 3.63) is 57.7 Å². The Balaban J connectivity index is 1.82. The number of aliphatic hydroxyl groups excluding tert-OH is 1. The molecule has 0 fully saturated rings. The number of hydrogen-bond acceptors (Lipinski definition) is 4. The van der Waals surface area contributed by atoms with Crippen LogP contribution in [0.25, 0.3) is 10.9 Å². The van der Waals surface area contributed by atoms with Crippen molar-refractivity contribution in [2.75, 3.05) is 24.5 Å². The van der Waals surface area contributed by atoms with Crippen molar-refractivity contribution in [2.45, 2.75) is 11.4 Å². The number of hydrogen-bond donors (Lipinski definition) is 2. The largest absolute Gasteiger partial charge is 0.394 e. The van der Waals surface area contributed by atoms with Crippen LogP contribution in [0, 0.1) is 11.6 Å². The maximum Gasteiger partial charge on any atom is 0.148 e. The highest BCUT2D eigenvalue weighted by atomic mass is 79.9. The lowest BCUT2D eigenvalue weighted by atomic mass is 10.2. The molecule has 1 heterocycles. The third kappa shape index (κ3) is 4.94. The van der Waals surface area contributed by atoms with Crippen molar-refractivity contribution < 1.29 is 18.6 Å². The van der Waals surface area contributed by atoms with Crippen LogP contribution in [0.1, 0.15) is 0 Å². The molecule has 0 radical (unpaired) electrons. The minimum atomic E-state index is -0.556. The first-order chi connectivity index (χ1) is 13.0. The molecular formula is C18H16BrClF2N2O2S. The normalized spacial score (nSPS) is 11.3. The van der Waals surface area contributed by atoms with E-state index < -0.39 is 11.6 Å². The van der Waals surface area contributed by atoms with Crippen LogP contribution in [0.5, 0.6) is 0 Å². The summed E-state index contributed by atoms with van der Waals surface area (Å²) in [6, 6.07) is 7.68. The van der Waals surface area contributed by atoms with Gasteiger partial charge in [-0.25, -0.2) is 8.78 Å². The maximum absolute atomic E-state index is 14.0. The lowest BCUT2D eigenvalue weighted by Gasteiger charge is -2.07. The number of aliphatic hydroxyl groups is 1. The standard InChI is InChI=1S/C18H16BrClF2N2O2S/c19-13-8-15(22)16(9-14(13)21)23-27-18-10-24(3-5-26-6-4-25)17-7-11(20)1-2-12(17)18/h1-2,7-10,23,25H,3-6H2. The summed E-state index contributed by atoms with van der Waals surface area (Å²) in [5.74, 6) is -1.10. The van der Waals surface area contributed by atoms with Crippen molar-refractivity contribution in [3.8, 4) is 0 Å². The molecular weight excluding hydrogens is 462 g/mol. The molecule has 0 saturated heterocycles. The minimum absolute atomic E-state index is 0.0292. The first kappa shape index (κ1) is 20.4. The Bertz CT molecular complexity index is 955. The molecule has 0 aliphatic heterocycles. The van der Waals surface area contributed by atoms with Gasteiger partial charge in [0.25, 0.3) is 0 Å². The smallest absolute Gasteiger partial charge is 0.148 e. The zero-order valence-corrected chi connectivity index (χ0v) is 17.2. The summed E-state index contributed by atoms with van der Waals surface area (Å²) in [6.45, 7) is 1.25. The number of rotatable bonds is 8. The van der Waals surface area contributed by atoms with Crippen LogP contribution in [-0.4, -0.2) is 29.5 Å². The van der Waals surface area contributed by atoms with E-state index in [2.05, 4.69) is 20.7 Å². The summed E-state index contributed by atoms with van der Waals surface area (Å²) in [7, 11) is 0. The quantitative estimate of drug-likeness (QED) is 0.257. The van der Waals surface area contributed by atoms with Crippen LogP contribution in [0.15, 0.2) is 45.9 Å². The van der Waals surface area contributed by atoms with E-state index >= 15 is 0 Å². The minimum Gasteiger partial charge on any atom is -0.394 e. The fourth-order valence-corrected chi connectivity index (χ4v) is 3.86. The van der Waals surface area contributed by atoms with Crippen molar-refractivity contribution >= 4 is 56.1 Å². The molecule has 3 rings (SSSR count). The fraction of sp³-hybridized carbons (Fsp3) is 0.222. The molecule has 0 saturated carbocycles. The number of nitrogens with one attached hydrogen (secondary N) is 1. The molecule has 0 unspecified atom stereocenters. The van der Waals surface area contributed by atoms with E-state index in [4.69, 9.17) is 21.4 Å². The van der Waals surface area contributed by atoms with Gasteiger partial charge in [-0.2, -0.15) is 0 Å². The molecule has 144 valence electrons. The second-order valence-corrected chi connectivity index (χ2v) is 7.77. The summed E-state index contributed by atoms with van der Waals surface area (Å²) < 4.78 is 37.9. The molecule has 1 aromatic heterocycles. The molecule has 0 bridgehead atoms. The zero-order valence-electron chi connectivity index (χ0n) is 14.0. The van der Waals surface area contributed by atoms with Crippen molar-refractivity contribution in [2.24, 2.45) is 0 Å². The highest BCUT2D eigenvalue weighted by Gasteiger charge is 2.13. The fourth-order valence-electron chi connectivity index (χ4n) is 2.54. The predicted octanol–water partition coefficient (Wildman–Crippen LogP) is 5.46. The van der Waals surface area contributed by atoms with E-state index in [1.807, 2.05) is 22.9 Å². The average Bonchev–Trinajstić information content (AvgIpc) is 2.97. The summed E-state index contributed by atoms with van der Waals surface area (Å²) in [4.78, 5) is 0.839. The van der Waals surface area contributed by atoms with Crippen molar-refractivity contribution in [3.63, 3.8) is 0 Å². The van der Waals surface area contributed by atoms with E-state index in [0.29, 0.717) is 18.2 Å². The van der Waals surface area contributed by atoms with Gasteiger partial charge in [0, 0.05) is 29.2 Å². The number of anilines is 1. The van der Waals surface area contributed by atoms with Crippen LogP contribution >= 0.6 is 39.5 Å². The van der Waals surface area contributed by atoms with Crippen molar-refractivity contribution in [1.82, 2.24) is 4.57 Å². The zero-order chi connectivity index (χ0) is 19.4. The average molecular weight is 478 g/mol. The van der Waals surface area contributed by atoms with Crippen LogP contribution in [0.3, 0.4) is 0 Å². The monoisotopic (exact) mass is 476 g/mol. The molecule has 0 aliphatic carbocycles. The number of halogens is 4. The summed E-state index contributed by atoms with van der Waals surface area (Å²) in [5.41, 5.74) is 0.962. The number of aromatic nitrogens is 1. The Morgan fingerprint density at radius 3 is 2.78 bits per heavy atom. The lowest BCUT2D eigenvalue weighted by molar-refractivity contribution is 0.0875. The number of ether oxygens (including phenoxy) is 1. The van der Waals surface area contributed by atoms with Gasteiger partial charge in [-0.3, -0.25) is 0 Å². The van der Waals surface area contributed by atoms with E-state index in [-0.39, 0.29) is 23.4 Å². The second kappa shape index (κ2) is 9.25. The van der Waals surface area contributed by atoms with E-state index in [9.17, 15) is 8.78 Å². The lowest BCUT2D eigenvalue weighted by Crippen LogP contribution is -2.07. The van der Waals surface area contributed by atoms with Gasteiger partial charge in [0.05, 0.1) is 40.4 Å². The molecule has 0 atom stereocenters. The van der Waals surface area contributed by atoms with Crippen LogP contribution < -0.4 is 4.72 Å². The summed E-state index contributed by atoms with van der Waals surface area (Å²) >= 11 is 10.3. The molecule has 2 aromatic carbocycles. The molecule has 4 nitrogen and oxygen atoms in total. The van der Waals surface area contributed by atoms with Crippen LogP contribution in [0.2, 0.25) is 5.02 Å². The van der Waals surface area contributed by atoms with Gasteiger partial charge in [0.1, 0.15) is 11.6 Å². The Morgan fingerprint density at radius 2 is 2.00 bits per heavy atom. The van der Waals surface area contributed by atoms with Gasteiger partial charge in [-0.1, -0.05) is 17.7 Å². The maximum atomic E-state index is 14.0. The number of benzene rings is 2. The van der Waals surface area contributed by atoms with Crippen LogP contribution in [-0.2, 0) is 11.3 Å². The van der Waals surface area contributed by atoms with Gasteiger partial charge in [-0.15, -0.1) is 0 Å². The summed E-state index contributed by atoms with van der Waals surface area (Å²) in [5, 5.41) is 10.3. The Labute approximate surface area is 172 Å². The van der Waals surface area contributed by atoms with Gasteiger partial charge in [-0.05, 0) is 46.1 Å². The Hall–Kier alpha value is -1.32. The highest BCUT2D eigenvalue weighted by molar-refractivity contribution is 9.10. The van der Waals surface area contributed by atoms with E-state index in [1.54, 1.807) is 6.07 Å². The van der Waals surface area contributed by atoms with Crippen LogP contribution in [0.4, 0.5) is 14.5 Å². The Morgan fingerprint density at radius 1 is 1.19 bits per heavy atom. The molecule has 9 heteroatoms. The van der Waals surface area contributed by atoms with Gasteiger partial charge < -0.3 is 19.1 Å². The molecule has 3 aromatic rings. The topological polar surface area (TPSA) is 46.4 Å². The SMILES string of the molecule is OCCOCCn1cc(SNc2cc(F)c(Br)cc2F)c2ccc(Cl)cc21. The predicted molar refractivity (Wildman–Crippen MR) is 108 cm³/mol. The first-order valence-electron chi connectivity index (χ1n) is 8.04. The Kier molecular flexibility index (Phi) is 6.99. The van der Waals surface area contributed by atoms with E-state index in [0.717, 1.165) is 27.9 Å². The van der Waals surface area contributed by atoms with Gasteiger partial charge >= 0.3 is 0 Å². The third-order valence-electron chi connectivity index (χ3n) is 3.80. The van der Waals surface area contributed by atoms with E-state index in [1.165, 1.54) is 11.9 Å². The molecule has 0 spiro atoms. The molecule has 2 N–H and O–H groups in total. The molecule has 0 amide bonds. The van der Waals surface area contributed by atoms with Crippen molar-refractivity contribution in [1.29, 1.82) is 0 Å². The second-order valence-electron chi connectivity index (χ2n) is 5.63. The summed E-state index contributed by atoms with van der Waals surface area (Å²) in [6.07, 6.45) is 1.90. The highest BCUT2D eigenvalue weighted by Crippen LogP contribution is 2.34. The third-order valence-corrected chi connectivity index (χ3v) is 5.51. The van der Waals surface area contributed by atoms with Gasteiger partial charge in [0.15, 0.2) is 0 Å². The molecule has 27 heavy (non-hydrogen) atoms.